The summed E-state index contributed by atoms with van der Waals surface area (Å²) < 4.78 is 6.06. The first kappa shape index (κ1) is 21.9. The third-order valence-corrected chi connectivity index (χ3v) is 5.69. The molecule has 3 aromatic rings. The van der Waals surface area contributed by atoms with Gasteiger partial charge in [-0.2, -0.15) is 0 Å². The largest absolute Gasteiger partial charge is 0.489 e. The number of rotatable bonds is 5. The fourth-order valence-corrected chi connectivity index (χ4v) is 4.17. The van der Waals surface area contributed by atoms with Crippen LogP contribution in [-0.2, 0) is 6.42 Å². The third-order valence-electron chi connectivity index (χ3n) is 5.16. The standard InChI is InChI=1S/C22H25Cl2N5O2/c1-22(2,30)11-14-10-17-18(12-26-14)28-21(20(25)27-17)29-7-5-15(6-8-29)31-19-4-3-13(23)9-16(19)24/h3-4,9-10,12,15,30H,5-8,11H2,1-2H3,(H2,25,27). The number of ether oxygens (including phenoxy) is 1. The minimum atomic E-state index is -0.845. The van der Waals surface area contributed by atoms with Crippen LogP contribution in [0, 0.1) is 0 Å². The number of hydrogen-bond donors (Lipinski definition) is 2. The second-order valence-corrected chi connectivity index (χ2v) is 9.31. The molecular formula is C22H25Cl2N5O2. The number of hydrogen-bond acceptors (Lipinski definition) is 7. The second-order valence-electron chi connectivity index (χ2n) is 8.47. The fourth-order valence-electron chi connectivity index (χ4n) is 3.71. The molecule has 0 spiro atoms. The highest BCUT2D eigenvalue weighted by atomic mass is 35.5. The zero-order valence-electron chi connectivity index (χ0n) is 17.5. The summed E-state index contributed by atoms with van der Waals surface area (Å²) in [5.74, 6) is 1.68. The van der Waals surface area contributed by atoms with E-state index >= 15 is 0 Å². The van der Waals surface area contributed by atoms with Crippen LogP contribution in [0.2, 0.25) is 10.0 Å². The van der Waals surface area contributed by atoms with Crippen molar-refractivity contribution in [1.29, 1.82) is 0 Å². The van der Waals surface area contributed by atoms with Gasteiger partial charge in [0.25, 0.3) is 0 Å². The highest BCUT2D eigenvalue weighted by Crippen LogP contribution is 2.31. The summed E-state index contributed by atoms with van der Waals surface area (Å²) in [7, 11) is 0. The van der Waals surface area contributed by atoms with Gasteiger partial charge in [-0.25, -0.2) is 9.97 Å². The van der Waals surface area contributed by atoms with Gasteiger partial charge < -0.3 is 20.5 Å². The molecule has 3 N–H and O–H groups in total. The average molecular weight is 462 g/mol. The number of benzene rings is 1. The number of piperidine rings is 1. The zero-order chi connectivity index (χ0) is 22.2. The number of fused-ring (bicyclic) bond motifs is 1. The third kappa shape index (κ3) is 5.29. The Morgan fingerprint density at radius 3 is 2.58 bits per heavy atom. The van der Waals surface area contributed by atoms with Gasteiger partial charge >= 0.3 is 0 Å². The number of nitrogens with two attached hydrogens (primary N) is 1. The van der Waals surface area contributed by atoms with Crippen molar-refractivity contribution >= 4 is 45.9 Å². The molecule has 31 heavy (non-hydrogen) atoms. The van der Waals surface area contributed by atoms with Crippen LogP contribution in [0.25, 0.3) is 11.0 Å². The molecule has 0 radical (unpaired) electrons. The van der Waals surface area contributed by atoms with Gasteiger partial charge in [0.15, 0.2) is 11.6 Å². The van der Waals surface area contributed by atoms with Crippen LogP contribution in [0.4, 0.5) is 11.6 Å². The summed E-state index contributed by atoms with van der Waals surface area (Å²) in [5, 5.41) is 11.1. The predicted octanol–water partition coefficient (Wildman–Crippen LogP) is 4.28. The van der Waals surface area contributed by atoms with Crippen LogP contribution in [-0.4, -0.2) is 44.9 Å². The lowest BCUT2D eigenvalue weighted by molar-refractivity contribution is 0.0800. The average Bonchev–Trinajstić information content (AvgIpc) is 2.69. The van der Waals surface area contributed by atoms with E-state index in [1.54, 1.807) is 38.2 Å². The topological polar surface area (TPSA) is 97.4 Å². The second kappa shape index (κ2) is 8.65. The summed E-state index contributed by atoms with van der Waals surface area (Å²) in [5.41, 5.74) is 7.49. The Bertz CT molecular complexity index is 1100. The van der Waals surface area contributed by atoms with E-state index in [1.165, 1.54) is 0 Å². The van der Waals surface area contributed by atoms with Gasteiger partial charge in [0, 0.05) is 43.1 Å². The van der Waals surface area contributed by atoms with Crippen molar-refractivity contribution in [3.63, 3.8) is 0 Å². The molecule has 1 aliphatic heterocycles. The van der Waals surface area contributed by atoms with Gasteiger partial charge in [-0.05, 0) is 38.1 Å². The number of nitrogen functional groups attached to an aromatic ring is 1. The monoisotopic (exact) mass is 461 g/mol. The lowest BCUT2D eigenvalue weighted by Gasteiger charge is -2.33. The van der Waals surface area contributed by atoms with Crippen LogP contribution in [0.5, 0.6) is 5.75 Å². The summed E-state index contributed by atoms with van der Waals surface area (Å²) in [6.07, 6.45) is 3.78. The molecule has 1 aromatic carbocycles. The fraction of sp³-hybridized carbons (Fsp3) is 0.409. The minimum absolute atomic E-state index is 0.0515. The van der Waals surface area contributed by atoms with E-state index in [9.17, 15) is 5.11 Å². The summed E-state index contributed by atoms with van der Waals surface area (Å²) in [6.45, 7) is 4.97. The minimum Gasteiger partial charge on any atom is -0.489 e. The molecule has 0 unspecified atom stereocenters. The number of aromatic nitrogens is 3. The zero-order valence-corrected chi connectivity index (χ0v) is 19.0. The molecule has 2 aromatic heterocycles. The molecule has 0 saturated carbocycles. The number of nitrogens with zero attached hydrogens (tertiary/aromatic N) is 4. The molecule has 0 bridgehead atoms. The Morgan fingerprint density at radius 2 is 1.90 bits per heavy atom. The molecule has 1 fully saturated rings. The summed E-state index contributed by atoms with van der Waals surface area (Å²) >= 11 is 12.2. The SMILES string of the molecule is CC(C)(O)Cc1cc2nc(N)c(N3CCC(Oc4ccc(Cl)cc4Cl)CC3)nc2cn1. The van der Waals surface area contributed by atoms with Crippen molar-refractivity contribution in [3.05, 3.63) is 46.2 Å². The quantitative estimate of drug-likeness (QED) is 0.584. The molecule has 4 rings (SSSR count). The van der Waals surface area contributed by atoms with Crippen LogP contribution < -0.4 is 15.4 Å². The number of pyridine rings is 1. The molecule has 3 heterocycles. The van der Waals surface area contributed by atoms with Crippen LogP contribution in [0.1, 0.15) is 32.4 Å². The first-order chi connectivity index (χ1) is 14.7. The van der Waals surface area contributed by atoms with E-state index in [4.69, 9.17) is 38.7 Å². The van der Waals surface area contributed by atoms with E-state index in [1.807, 2.05) is 6.07 Å². The van der Waals surface area contributed by atoms with Gasteiger partial charge in [0.1, 0.15) is 17.4 Å². The van der Waals surface area contributed by atoms with Gasteiger partial charge in [0.05, 0.1) is 22.3 Å². The van der Waals surface area contributed by atoms with Crippen molar-refractivity contribution in [2.24, 2.45) is 0 Å². The lowest BCUT2D eigenvalue weighted by Crippen LogP contribution is -2.39. The first-order valence-corrected chi connectivity index (χ1v) is 10.9. The molecule has 0 amide bonds. The lowest BCUT2D eigenvalue weighted by atomic mass is 10.0. The first-order valence-electron chi connectivity index (χ1n) is 10.2. The number of anilines is 2. The molecule has 1 saturated heterocycles. The Kier molecular flexibility index (Phi) is 6.10. The molecular weight excluding hydrogens is 437 g/mol. The predicted molar refractivity (Wildman–Crippen MR) is 124 cm³/mol. The Balaban J connectivity index is 1.45. The summed E-state index contributed by atoms with van der Waals surface area (Å²) in [6, 6.07) is 7.07. The maximum absolute atomic E-state index is 10.0. The normalized spacial score (nSPS) is 15.5. The molecule has 164 valence electrons. The van der Waals surface area contributed by atoms with Crippen LogP contribution >= 0.6 is 23.2 Å². The Labute approximate surface area is 191 Å². The maximum Gasteiger partial charge on any atom is 0.172 e. The van der Waals surface area contributed by atoms with E-state index in [0.29, 0.717) is 44.9 Å². The number of aliphatic hydroxyl groups is 1. The van der Waals surface area contributed by atoms with Crippen molar-refractivity contribution in [3.8, 4) is 5.75 Å². The van der Waals surface area contributed by atoms with Gasteiger partial charge in [-0.3, -0.25) is 4.98 Å². The van der Waals surface area contributed by atoms with Gasteiger partial charge in [0.2, 0.25) is 0 Å². The highest BCUT2D eigenvalue weighted by molar-refractivity contribution is 6.35. The molecule has 0 atom stereocenters. The Morgan fingerprint density at radius 1 is 1.16 bits per heavy atom. The van der Waals surface area contributed by atoms with Gasteiger partial charge in [-0.15, -0.1) is 0 Å². The highest BCUT2D eigenvalue weighted by Gasteiger charge is 2.24. The van der Waals surface area contributed by atoms with Crippen molar-refractivity contribution in [1.82, 2.24) is 15.0 Å². The van der Waals surface area contributed by atoms with E-state index in [-0.39, 0.29) is 6.10 Å². The van der Waals surface area contributed by atoms with E-state index in [0.717, 1.165) is 31.6 Å². The van der Waals surface area contributed by atoms with Crippen LogP contribution in [0.3, 0.4) is 0 Å². The van der Waals surface area contributed by atoms with E-state index in [2.05, 4.69) is 14.9 Å². The maximum atomic E-state index is 10.0. The van der Waals surface area contributed by atoms with Crippen molar-refractivity contribution in [2.75, 3.05) is 23.7 Å². The van der Waals surface area contributed by atoms with Crippen LogP contribution in [0.15, 0.2) is 30.5 Å². The van der Waals surface area contributed by atoms with Gasteiger partial charge in [-0.1, -0.05) is 23.2 Å². The summed E-state index contributed by atoms with van der Waals surface area (Å²) in [4.78, 5) is 15.8. The van der Waals surface area contributed by atoms with Crippen molar-refractivity contribution < 1.29 is 9.84 Å². The molecule has 9 heteroatoms. The van der Waals surface area contributed by atoms with E-state index < -0.39 is 5.60 Å². The Hall–Kier alpha value is -2.35. The smallest absolute Gasteiger partial charge is 0.172 e. The van der Waals surface area contributed by atoms with Crippen molar-refractivity contribution in [2.45, 2.75) is 44.8 Å². The molecule has 0 aliphatic carbocycles. The molecule has 1 aliphatic rings. The molecule has 7 nitrogen and oxygen atoms in total. The number of halogens is 2.